The van der Waals surface area contributed by atoms with Gasteiger partial charge >= 0.3 is 21.7 Å². The Balaban J connectivity index is 1.45. The van der Waals surface area contributed by atoms with Crippen LogP contribution < -0.4 is 4.74 Å². The molecule has 2 aliphatic rings. The third-order valence-corrected chi connectivity index (χ3v) is 7.74. The number of halogens is 6. The van der Waals surface area contributed by atoms with E-state index in [1.54, 1.807) is 12.1 Å². The van der Waals surface area contributed by atoms with Gasteiger partial charge in [0.25, 0.3) is 5.91 Å². The van der Waals surface area contributed by atoms with Gasteiger partial charge in [0, 0.05) is 31.2 Å². The van der Waals surface area contributed by atoms with Crippen LogP contribution in [0.1, 0.15) is 34.3 Å². The summed E-state index contributed by atoms with van der Waals surface area (Å²) in [5.74, 6) is 0.0300. The Labute approximate surface area is 197 Å². The molecule has 2 aliphatic heterocycles. The van der Waals surface area contributed by atoms with E-state index in [9.17, 15) is 39.6 Å². The maximum atomic E-state index is 13.1. The molecule has 0 aromatic heterocycles. The second-order valence-electron chi connectivity index (χ2n) is 8.27. The number of benzene rings is 2. The predicted octanol–water partition coefficient (Wildman–Crippen LogP) is 4.81. The van der Waals surface area contributed by atoms with Crippen molar-refractivity contribution < 1.29 is 44.3 Å². The van der Waals surface area contributed by atoms with E-state index in [1.807, 2.05) is 0 Å². The number of sulfonamides is 1. The van der Waals surface area contributed by atoms with Crippen LogP contribution in [0.15, 0.2) is 42.5 Å². The zero-order chi connectivity index (χ0) is 25.6. The Morgan fingerprint density at radius 3 is 2.03 bits per heavy atom. The van der Waals surface area contributed by atoms with Gasteiger partial charge in [0.15, 0.2) is 0 Å². The maximum absolute atomic E-state index is 13.1. The van der Waals surface area contributed by atoms with E-state index in [-0.39, 0.29) is 43.3 Å². The van der Waals surface area contributed by atoms with Crippen molar-refractivity contribution in [1.29, 1.82) is 0 Å². The normalized spacial score (nSPS) is 18.5. The zero-order valence-electron chi connectivity index (χ0n) is 18.1. The minimum atomic E-state index is -5.41. The van der Waals surface area contributed by atoms with Crippen LogP contribution in [0.4, 0.5) is 26.3 Å². The zero-order valence-corrected chi connectivity index (χ0v) is 18.9. The molecule has 2 aromatic carbocycles. The van der Waals surface area contributed by atoms with E-state index in [4.69, 9.17) is 4.74 Å². The lowest BCUT2D eigenvalue weighted by molar-refractivity contribution is -0.137. The van der Waals surface area contributed by atoms with E-state index in [0.717, 1.165) is 17.7 Å². The second kappa shape index (κ2) is 9.01. The van der Waals surface area contributed by atoms with E-state index in [2.05, 4.69) is 0 Å². The van der Waals surface area contributed by atoms with Crippen LogP contribution in [0, 0.1) is 0 Å². The first-order valence-electron chi connectivity index (χ1n) is 10.6. The van der Waals surface area contributed by atoms with Crippen LogP contribution in [-0.4, -0.2) is 54.7 Å². The smallest absolute Gasteiger partial charge is 0.457 e. The molecule has 13 heteroatoms. The summed E-state index contributed by atoms with van der Waals surface area (Å²) in [7, 11) is -5.41. The number of carbonyl (C=O) groups excluding carboxylic acids is 1. The molecule has 190 valence electrons. The molecule has 1 fully saturated rings. The van der Waals surface area contributed by atoms with Gasteiger partial charge in [-0.3, -0.25) is 4.79 Å². The van der Waals surface area contributed by atoms with E-state index >= 15 is 0 Å². The highest BCUT2D eigenvalue weighted by Crippen LogP contribution is 2.34. The fourth-order valence-electron chi connectivity index (χ4n) is 4.27. The number of nitrogens with zero attached hydrogens (tertiary/aromatic N) is 2. The van der Waals surface area contributed by atoms with Gasteiger partial charge in [0.1, 0.15) is 11.5 Å². The van der Waals surface area contributed by atoms with Crippen molar-refractivity contribution in [2.45, 2.75) is 37.0 Å². The molecule has 0 unspecified atom stereocenters. The summed E-state index contributed by atoms with van der Waals surface area (Å²) >= 11 is 0. The third-order valence-electron chi connectivity index (χ3n) is 6.11. The topological polar surface area (TPSA) is 66.9 Å². The summed E-state index contributed by atoms with van der Waals surface area (Å²) in [6, 6.07) is 8.43. The molecular weight excluding hydrogens is 502 g/mol. The first kappa shape index (κ1) is 25.3. The van der Waals surface area contributed by atoms with Crippen molar-refractivity contribution >= 4 is 15.9 Å². The van der Waals surface area contributed by atoms with Gasteiger partial charge in [0.05, 0.1) is 5.56 Å². The molecule has 1 saturated heterocycles. The van der Waals surface area contributed by atoms with Crippen LogP contribution in [0.3, 0.4) is 0 Å². The molecule has 2 aromatic rings. The number of alkyl halides is 6. The number of hydrogen-bond donors (Lipinski definition) is 0. The molecule has 0 radical (unpaired) electrons. The molecular formula is C22H20F6N2O4S. The van der Waals surface area contributed by atoms with Crippen LogP contribution in [-0.2, 0) is 22.6 Å². The van der Waals surface area contributed by atoms with Gasteiger partial charge in [-0.05, 0) is 61.2 Å². The number of hydrogen-bond acceptors (Lipinski definition) is 4. The van der Waals surface area contributed by atoms with Gasteiger partial charge in [0.2, 0.25) is 0 Å². The summed E-state index contributed by atoms with van der Waals surface area (Å²) < 4.78 is 106. The van der Waals surface area contributed by atoms with Crippen LogP contribution in [0.5, 0.6) is 11.5 Å². The average Bonchev–Trinajstić information content (AvgIpc) is 2.79. The van der Waals surface area contributed by atoms with Crippen LogP contribution in [0.2, 0.25) is 0 Å². The molecule has 6 nitrogen and oxygen atoms in total. The maximum Gasteiger partial charge on any atom is 0.511 e. The summed E-state index contributed by atoms with van der Waals surface area (Å²) in [5, 5.41) is 0. The summed E-state index contributed by atoms with van der Waals surface area (Å²) in [5.41, 5.74) is -5.13. The van der Waals surface area contributed by atoms with Crippen molar-refractivity contribution in [3.8, 4) is 11.5 Å². The predicted molar refractivity (Wildman–Crippen MR) is 112 cm³/mol. The minimum Gasteiger partial charge on any atom is -0.457 e. The number of fused-ring (bicyclic) bond motifs is 1. The molecule has 0 N–H and O–H groups in total. The van der Waals surface area contributed by atoms with Crippen molar-refractivity contribution in [3.63, 3.8) is 0 Å². The first-order chi connectivity index (χ1) is 16.3. The summed E-state index contributed by atoms with van der Waals surface area (Å²) in [6.07, 6.45) is -3.85. The summed E-state index contributed by atoms with van der Waals surface area (Å²) in [6.45, 7) is -0.359. The number of amides is 1. The molecule has 0 spiro atoms. The van der Waals surface area contributed by atoms with Gasteiger partial charge in [-0.1, -0.05) is 6.07 Å². The highest BCUT2D eigenvalue weighted by Gasteiger charge is 2.51. The Morgan fingerprint density at radius 2 is 1.46 bits per heavy atom. The Morgan fingerprint density at radius 1 is 0.857 bits per heavy atom. The fourth-order valence-corrected chi connectivity index (χ4v) is 5.25. The lowest BCUT2D eigenvalue weighted by atomic mass is 9.95. The molecule has 1 amide bonds. The molecule has 0 bridgehead atoms. The van der Waals surface area contributed by atoms with Crippen molar-refractivity contribution in [1.82, 2.24) is 9.21 Å². The Kier molecular flexibility index (Phi) is 6.51. The summed E-state index contributed by atoms with van der Waals surface area (Å²) in [4.78, 5) is 14.7. The SMILES string of the molecule is O=C1c2cc(Oc3ccc(C(F)(F)F)cc3)ccc2CCN1C1CCN(S(=O)(=O)C(F)(F)F)CC1. The van der Waals surface area contributed by atoms with Crippen LogP contribution in [0.25, 0.3) is 0 Å². The Bertz CT molecular complexity index is 1200. The molecule has 2 heterocycles. The quantitative estimate of drug-likeness (QED) is 0.541. The lowest BCUT2D eigenvalue weighted by Gasteiger charge is -2.40. The van der Waals surface area contributed by atoms with Gasteiger partial charge in [-0.25, -0.2) is 8.42 Å². The van der Waals surface area contributed by atoms with Crippen molar-refractivity contribution in [2.75, 3.05) is 19.6 Å². The number of piperidine rings is 1. The van der Waals surface area contributed by atoms with Crippen molar-refractivity contribution in [2.24, 2.45) is 0 Å². The largest absolute Gasteiger partial charge is 0.511 e. The monoisotopic (exact) mass is 522 g/mol. The lowest BCUT2D eigenvalue weighted by Crippen LogP contribution is -2.52. The first-order valence-corrected chi connectivity index (χ1v) is 12.1. The van der Waals surface area contributed by atoms with E-state index < -0.39 is 33.3 Å². The molecule has 0 atom stereocenters. The van der Waals surface area contributed by atoms with E-state index in [1.165, 1.54) is 23.1 Å². The van der Waals surface area contributed by atoms with Gasteiger partial charge < -0.3 is 9.64 Å². The third kappa shape index (κ3) is 5.10. The fraction of sp³-hybridized carbons (Fsp3) is 0.409. The van der Waals surface area contributed by atoms with E-state index in [0.29, 0.717) is 22.8 Å². The highest BCUT2D eigenvalue weighted by atomic mass is 32.2. The van der Waals surface area contributed by atoms with Crippen LogP contribution >= 0.6 is 0 Å². The molecule has 0 aliphatic carbocycles. The van der Waals surface area contributed by atoms with Gasteiger partial charge in [-0.15, -0.1) is 0 Å². The number of ether oxygens (including phenoxy) is 1. The molecule has 4 rings (SSSR count). The Hall–Kier alpha value is -2.80. The number of rotatable bonds is 4. The highest BCUT2D eigenvalue weighted by molar-refractivity contribution is 7.90. The number of carbonyl (C=O) groups is 1. The molecule has 0 saturated carbocycles. The minimum absolute atomic E-state index is 0.0676. The molecule has 35 heavy (non-hydrogen) atoms. The second-order valence-corrected chi connectivity index (χ2v) is 10.2. The average molecular weight is 522 g/mol. The van der Waals surface area contributed by atoms with Crippen molar-refractivity contribution in [3.05, 3.63) is 59.2 Å². The van der Waals surface area contributed by atoms with Gasteiger partial charge in [-0.2, -0.15) is 30.6 Å². The standard InChI is InChI=1S/C22H20F6N2O4S/c23-21(24,25)15-2-5-17(6-3-15)34-18-4-1-14-7-12-30(20(31)19(14)13-18)16-8-10-29(11-9-16)35(32,33)22(26,27)28/h1-6,13,16H,7-12H2.